The summed E-state index contributed by atoms with van der Waals surface area (Å²) in [6.07, 6.45) is 3.57. The van der Waals surface area contributed by atoms with E-state index < -0.39 is 0 Å². The van der Waals surface area contributed by atoms with Crippen molar-refractivity contribution in [3.63, 3.8) is 0 Å². The summed E-state index contributed by atoms with van der Waals surface area (Å²) in [6.45, 7) is 4.44. The van der Waals surface area contributed by atoms with E-state index in [1.54, 1.807) is 18.3 Å². The topological polar surface area (TPSA) is 97.6 Å². The van der Waals surface area contributed by atoms with Crippen molar-refractivity contribution >= 4 is 45.6 Å². The number of pyridine rings is 1. The molecular formula is C15H16IN7O. The van der Waals surface area contributed by atoms with Gasteiger partial charge in [-0.3, -0.25) is 15.0 Å². The highest BCUT2D eigenvalue weighted by molar-refractivity contribution is 14.1. The van der Waals surface area contributed by atoms with Gasteiger partial charge < -0.3 is 5.32 Å². The Balaban J connectivity index is 1.92. The molecule has 0 fully saturated rings. The zero-order valence-corrected chi connectivity index (χ0v) is 15.4. The smallest absolute Gasteiger partial charge is 0.320 e. The van der Waals surface area contributed by atoms with Crippen LogP contribution in [0.15, 0.2) is 30.6 Å². The number of aromatic nitrogens is 5. The SMILES string of the molecule is CCNC(=O)Nc1ccc2ncc(-c3ccn(C(C)I)n3)nc2n1. The van der Waals surface area contributed by atoms with Crippen molar-refractivity contribution in [2.75, 3.05) is 11.9 Å². The van der Waals surface area contributed by atoms with E-state index in [1.807, 2.05) is 30.8 Å². The summed E-state index contributed by atoms with van der Waals surface area (Å²) in [5.41, 5.74) is 2.48. The van der Waals surface area contributed by atoms with Gasteiger partial charge in [0.05, 0.1) is 6.20 Å². The zero-order chi connectivity index (χ0) is 17.1. The van der Waals surface area contributed by atoms with Gasteiger partial charge in [-0.05, 0) is 32.0 Å². The normalized spacial score (nSPS) is 12.1. The third-order valence-corrected chi connectivity index (χ3v) is 3.79. The predicted molar refractivity (Wildman–Crippen MR) is 100.0 cm³/mol. The van der Waals surface area contributed by atoms with E-state index in [-0.39, 0.29) is 10.1 Å². The molecule has 3 aromatic heterocycles. The largest absolute Gasteiger partial charge is 0.338 e. The van der Waals surface area contributed by atoms with Crippen LogP contribution in [0.4, 0.5) is 10.6 Å². The van der Waals surface area contributed by atoms with Gasteiger partial charge in [0.15, 0.2) is 5.65 Å². The van der Waals surface area contributed by atoms with Crippen LogP contribution < -0.4 is 10.6 Å². The van der Waals surface area contributed by atoms with Crippen LogP contribution in [0.5, 0.6) is 0 Å². The predicted octanol–water partition coefficient (Wildman–Crippen LogP) is 2.98. The van der Waals surface area contributed by atoms with Crippen molar-refractivity contribution in [3.05, 3.63) is 30.6 Å². The van der Waals surface area contributed by atoms with E-state index in [1.165, 1.54) is 0 Å². The minimum Gasteiger partial charge on any atom is -0.338 e. The second-order valence-electron chi connectivity index (χ2n) is 5.03. The maximum Gasteiger partial charge on any atom is 0.320 e. The molecule has 9 heteroatoms. The quantitative estimate of drug-likeness (QED) is 0.483. The monoisotopic (exact) mass is 437 g/mol. The molecule has 24 heavy (non-hydrogen) atoms. The van der Waals surface area contributed by atoms with Crippen LogP contribution in [-0.2, 0) is 0 Å². The van der Waals surface area contributed by atoms with Crippen molar-refractivity contribution in [1.29, 1.82) is 0 Å². The summed E-state index contributed by atoms with van der Waals surface area (Å²) in [7, 11) is 0. The van der Waals surface area contributed by atoms with Crippen molar-refractivity contribution in [2.24, 2.45) is 0 Å². The van der Waals surface area contributed by atoms with Crippen molar-refractivity contribution in [3.8, 4) is 11.4 Å². The number of carbonyl (C=O) groups excluding carboxylic acids is 1. The maximum atomic E-state index is 11.6. The summed E-state index contributed by atoms with van der Waals surface area (Å²) in [4.78, 5) is 24.8. The van der Waals surface area contributed by atoms with Gasteiger partial charge in [0.1, 0.15) is 26.8 Å². The number of nitrogens with zero attached hydrogens (tertiary/aromatic N) is 5. The first-order chi connectivity index (χ1) is 11.6. The number of carbonyl (C=O) groups is 1. The van der Waals surface area contributed by atoms with Gasteiger partial charge in [0.2, 0.25) is 0 Å². The molecule has 0 bridgehead atoms. The fourth-order valence-electron chi connectivity index (χ4n) is 2.08. The molecule has 2 amide bonds. The van der Waals surface area contributed by atoms with Crippen molar-refractivity contribution in [1.82, 2.24) is 30.0 Å². The summed E-state index contributed by atoms with van der Waals surface area (Å²) >= 11 is 2.28. The van der Waals surface area contributed by atoms with Crippen molar-refractivity contribution in [2.45, 2.75) is 17.9 Å². The number of nitrogens with one attached hydrogen (secondary N) is 2. The molecule has 3 aromatic rings. The molecule has 2 N–H and O–H groups in total. The molecular weight excluding hydrogens is 421 g/mol. The molecule has 0 aliphatic rings. The number of hydrogen-bond acceptors (Lipinski definition) is 5. The maximum absolute atomic E-state index is 11.6. The number of rotatable bonds is 4. The molecule has 0 aliphatic heterocycles. The molecule has 1 atom stereocenters. The molecule has 1 unspecified atom stereocenters. The van der Waals surface area contributed by atoms with Gasteiger partial charge in [-0.25, -0.2) is 14.8 Å². The van der Waals surface area contributed by atoms with E-state index in [2.05, 4.69) is 53.3 Å². The molecule has 0 aromatic carbocycles. The van der Waals surface area contributed by atoms with E-state index in [9.17, 15) is 4.79 Å². The lowest BCUT2D eigenvalue weighted by atomic mass is 10.3. The Morgan fingerprint density at radius 3 is 2.83 bits per heavy atom. The Labute approximate surface area is 152 Å². The number of fused-ring (bicyclic) bond motifs is 1. The van der Waals surface area contributed by atoms with Gasteiger partial charge in [-0.1, -0.05) is 22.6 Å². The van der Waals surface area contributed by atoms with Crippen LogP contribution in [0.3, 0.4) is 0 Å². The Hall–Kier alpha value is -2.30. The summed E-state index contributed by atoms with van der Waals surface area (Å²) in [5, 5.41) is 9.80. The lowest BCUT2D eigenvalue weighted by molar-refractivity contribution is 0.252. The molecule has 0 saturated heterocycles. The molecule has 3 rings (SSSR count). The van der Waals surface area contributed by atoms with E-state index in [0.29, 0.717) is 29.2 Å². The van der Waals surface area contributed by atoms with Crippen LogP contribution in [-0.4, -0.2) is 37.3 Å². The van der Waals surface area contributed by atoms with Gasteiger partial charge in [0, 0.05) is 12.7 Å². The van der Waals surface area contributed by atoms with Crippen LogP contribution in [0.2, 0.25) is 0 Å². The van der Waals surface area contributed by atoms with Gasteiger partial charge in [-0.15, -0.1) is 0 Å². The first-order valence-electron chi connectivity index (χ1n) is 7.45. The lowest BCUT2D eigenvalue weighted by Crippen LogP contribution is -2.28. The highest BCUT2D eigenvalue weighted by Crippen LogP contribution is 2.20. The number of urea groups is 1. The molecule has 0 spiro atoms. The minimum atomic E-state index is -0.303. The van der Waals surface area contributed by atoms with Crippen molar-refractivity contribution < 1.29 is 4.79 Å². The first-order valence-corrected chi connectivity index (χ1v) is 8.69. The Kier molecular flexibility index (Phi) is 4.88. The number of anilines is 1. The van der Waals surface area contributed by atoms with E-state index in [4.69, 9.17) is 0 Å². The standard InChI is InChI=1S/C15H16IN7O/c1-3-17-15(24)21-13-5-4-11-14(20-13)19-12(8-18-11)10-6-7-23(22-10)9(2)16/h4-9H,3H2,1-2H3,(H2,17,19,20,21,24). The summed E-state index contributed by atoms with van der Waals surface area (Å²) in [6, 6.07) is 5.05. The van der Waals surface area contributed by atoms with Gasteiger partial charge in [0.25, 0.3) is 0 Å². The third-order valence-electron chi connectivity index (χ3n) is 3.22. The molecule has 0 radical (unpaired) electrons. The van der Waals surface area contributed by atoms with Crippen LogP contribution in [0.1, 0.15) is 17.9 Å². The number of halogens is 1. The molecule has 124 valence electrons. The second-order valence-corrected chi connectivity index (χ2v) is 6.84. The Morgan fingerprint density at radius 1 is 1.29 bits per heavy atom. The minimum absolute atomic E-state index is 0.246. The fourth-order valence-corrected chi connectivity index (χ4v) is 2.39. The molecule has 8 nitrogen and oxygen atoms in total. The molecule has 3 heterocycles. The summed E-state index contributed by atoms with van der Waals surface area (Å²) in [5.74, 6) is 0.423. The van der Waals surface area contributed by atoms with Crippen LogP contribution in [0, 0.1) is 0 Å². The van der Waals surface area contributed by atoms with Crippen LogP contribution >= 0.6 is 22.6 Å². The average Bonchev–Trinajstić information content (AvgIpc) is 3.04. The number of amides is 2. The Bertz CT molecular complexity index is 877. The Morgan fingerprint density at radius 2 is 2.12 bits per heavy atom. The second kappa shape index (κ2) is 7.07. The summed E-state index contributed by atoms with van der Waals surface area (Å²) < 4.78 is 2.10. The van der Waals surface area contributed by atoms with Gasteiger partial charge in [-0.2, -0.15) is 5.10 Å². The molecule has 0 aliphatic carbocycles. The molecule has 0 saturated carbocycles. The van der Waals surface area contributed by atoms with E-state index in [0.717, 1.165) is 5.69 Å². The van der Waals surface area contributed by atoms with Gasteiger partial charge >= 0.3 is 6.03 Å². The highest BCUT2D eigenvalue weighted by Gasteiger charge is 2.10. The van der Waals surface area contributed by atoms with Crippen LogP contribution in [0.25, 0.3) is 22.6 Å². The highest BCUT2D eigenvalue weighted by atomic mass is 127. The first kappa shape index (κ1) is 16.6. The number of alkyl halides is 1. The zero-order valence-electron chi connectivity index (χ0n) is 13.2. The van der Waals surface area contributed by atoms with E-state index >= 15 is 0 Å². The lowest BCUT2D eigenvalue weighted by Gasteiger charge is -2.06. The average molecular weight is 437 g/mol. The third kappa shape index (κ3) is 3.61. The number of hydrogen-bond donors (Lipinski definition) is 2. The fraction of sp³-hybridized carbons (Fsp3) is 0.267.